The first-order valence-electron chi connectivity index (χ1n) is 9.34. The maximum atomic E-state index is 12.8. The van der Waals surface area contributed by atoms with Crippen LogP contribution in [0.5, 0.6) is 5.75 Å². The number of hydrogen-bond donors (Lipinski definition) is 2. The average molecular weight is 470 g/mol. The smallest absolute Gasteiger partial charge is 0.255 e. The maximum Gasteiger partial charge on any atom is 0.255 e. The summed E-state index contributed by atoms with van der Waals surface area (Å²) in [6.45, 7) is 5.08. The number of aryl methyl sites for hydroxylation is 1. The third-order valence-corrected chi connectivity index (χ3v) is 7.83. The van der Waals surface area contributed by atoms with Crippen LogP contribution in [0.25, 0.3) is 0 Å². The molecule has 0 aliphatic heterocycles. The molecule has 0 aliphatic carbocycles. The number of carbonyl (C=O) groups is 1. The van der Waals surface area contributed by atoms with Crippen LogP contribution in [-0.2, 0) is 20.0 Å². The van der Waals surface area contributed by atoms with Gasteiger partial charge < -0.3 is 10.1 Å². The third kappa shape index (κ3) is 5.62. The van der Waals surface area contributed by atoms with E-state index in [-0.39, 0.29) is 27.1 Å². The number of sulfonamides is 2. The predicted octanol–water partition coefficient (Wildman–Crippen LogP) is 2.19. The number of nitrogens with zero attached hydrogens (tertiary/aromatic N) is 1. The van der Waals surface area contributed by atoms with Crippen LogP contribution in [0.15, 0.2) is 46.2 Å². The highest BCUT2D eigenvalue weighted by molar-refractivity contribution is 7.89. The molecule has 2 aromatic carbocycles. The van der Waals surface area contributed by atoms with Crippen LogP contribution in [0.4, 0.5) is 5.69 Å². The van der Waals surface area contributed by atoms with Crippen molar-refractivity contribution in [3.63, 3.8) is 0 Å². The van der Waals surface area contributed by atoms with Crippen molar-refractivity contribution in [3.05, 3.63) is 47.5 Å². The minimum atomic E-state index is -3.91. The van der Waals surface area contributed by atoms with Crippen LogP contribution in [0, 0.1) is 6.92 Å². The summed E-state index contributed by atoms with van der Waals surface area (Å²) in [7, 11) is -3.43. The van der Waals surface area contributed by atoms with E-state index in [4.69, 9.17) is 4.74 Å². The predicted molar refractivity (Wildman–Crippen MR) is 118 cm³/mol. The van der Waals surface area contributed by atoms with E-state index < -0.39 is 26.0 Å². The zero-order valence-corrected chi connectivity index (χ0v) is 19.9. The van der Waals surface area contributed by atoms with Gasteiger partial charge in [0.15, 0.2) is 0 Å². The lowest BCUT2D eigenvalue weighted by atomic mass is 10.1. The van der Waals surface area contributed by atoms with Crippen molar-refractivity contribution in [1.29, 1.82) is 0 Å². The van der Waals surface area contributed by atoms with Crippen molar-refractivity contribution in [1.82, 2.24) is 9.03 Å². The molecule has 1 amide bonds. The molecule has 2 rings (SSSR count). The van der Waals surface area contributed by atoms with Crippen LogP contribution in [0.1, 0.15) is 29.8 Å². The SMILES string of the molecule is COc1ccc(C(=O)Nc2cc(S(=O)(=O)N(C)C)ccc2C)cc1S(=O)(=O)NC(C)C. The van der Waals surface area contributed by atoms with E-state index in [1.54, 1.807) is 26.8 Å². The van der Waals surface area contributed by atoms with Gasteiger partial charge in [-0.05, 0) is 56.7 Å². The third-order valence-electron chi connectivity index (χ3n) is 4.34. The first-order chi connectivity index (χ1) is 14.3. The molecule has 0 saturated heterocycles. The monoisotopic (exact) mass is 469 g/mol. The first kappa shape index (κ1) is 24.8. The fourth-order valence-corrected chi connectivity index (χ4v) is 5.08. The summed E-state index contributed by atoms with van der Waals surface area (Å²) in [5.41, 5.74) is 1.02. The summed E-state index contributed by atoms with van der Waals surface area (Å²) < 4.78 is 58.7. The number of carbonyl (C=O) groups excluding carboxylic acids is 1. The van der Waals surface area contributed by atoms with Gasteiger partial charge in [-0.2, -0.15) is 0 Å². The fraction of sp³-hybridized carbons (Fsp3) is 0.350. The average Bonchev–Trinajstić information content (AvgIpc) is 2.67. The Balaban J connectivity index is 2.45. The zero-order chi connectivity index (χ0) is 23.6. The van der Waals surface area contributed by atoms with Gasteiger partial charge in [-0.1, -0.05) is 6.07 Å². The Morgan fingerprint density at radius 3 is 2.23 bits per heavy atom. The molecular formula is C20H27N3O6S2. The van der Waals surface area contributed by atoms with Crippen molar-refractivity contribution in [2.75, 3.05) is 26.5 Å². The molecule has 0 heterocycles. The molecule has 0 atom stereocenters. The molecule has 11 heteroatoms. The van der Waals surface area contributed by atoms with Gasteiger partial charge in [0.2, 0.25) is 20.0 Å². The molecule has 9 nitrogen and oxygen atoms in total. The Morgan fingerprint density at radius 2 is 1.68 bits per heavy atom. The standard InChI is InChI=1S/C20H27N3O6S2/c1-13(2)22-30(25,26)19-11-15(8-10-18(19)29-6)20(24)21-17-12-16(9-7-14(17)3)31(27,28)23(4)5/h7-13,22H,1-6H3,(H,21,24). The molecule has 0 aromatic heterocycles. The lowest BCUT2D eigenvalue weighted by Gasteiger charge is -2.16. The fourth-order valence-electron chi connectivity index (χ4n) is 2.70. The molecule has 0 fully saturated rings. The van der Waals surface area contributed by atoms with E-state index in [1.807, 2.05) is 0 Å². The lowest BCUT2D eigenvalue weighted by molar-refractivity contribution is 0.102. The molecule has 0 unspecified atom stereocenters. The van der Waals surface area contributed by atoms with Gasteiger partial charge in [-0.15, -0.1) is 0 Å². The minimum Gasteiger partial charge on any atom is -0.495 e. The van der Waals surface area contributed by atoms with Crippen molar-refractivity contribution in [3.8, 4) is 5.75 Å². The van der Waals surface area contributed by atoms with Gasteiger partial charge in [0.1, 0.15) is 10.6 Å². The topological polar surface area (TPSA) is 122 Å². The summed E-state index contributed by atoms with van der Waals surface area (Å²) in [5.74, 6) is -0.494. The molecule has 31 heavy (non-hydrogen) atoms. The van der Waals surface area contributed by atoms with Crippen molar-refractivity contribution < 1.29 is 26.4 Å². The Bertz CT molecular complexity index is 1190. The second-order valence-corrected chi connectivity index (χ2v) is 11.2. The van der Waals surface area contributed by atoms with Gasteiger partial charge in [0, 0.05) is 31.4 Å². The van der Waals surface area contributed by atoms with E-state index in [1.165, 1.54) is 51.5 Å². The van der Waals surface area contributed by atoms with Crippen LogP contribution in [0.2, 0.25) is 0 Å². The maximum absolute atomic E-state index is 12.8. The number of methoxy groups -OCH3 is 1. The van der Waals surface area contributed by atoms with E-state index >= 15 is 0 Å². The highest BCUT2D eigenvalue weighted by atomic mass is 32.2. The molecule has 2 aromatic rings. The molecule has 0 radical (unpaired) electrons. The Hall–Kier alpha value is -2.47. The van der Waals surface area contributed by atoms with E-state index in [2.05, 4.69) is 10.0 Å². The number of nitrogens with one attached hydrogen (secondary N) is 2. The van der Waals surface area contributed by atoms with Gasteiger partial charge in [-0.3, -0.25) is 4.79 Å². The van der Waals surface area contributed by atoms with Crippen molar-refractivity contribution in [2.24, 2.45) is 0 Å². The summed E-state index contributed by atoms with van der Waals surface area (Å²) in [6.07, 6.45) is 0. The number of amides is 1. The van der Waals surface area contributed by atoms with E-state index in [9.17, 15) is 21.6 Å². The molecule has 0 spiro atoms. The summed E-state index contributed by atoms with van der Waals surface area (Å²) in [4.78, 5) is 12.7. The quantitative estimate of drug-likeness (QED) is 0.611. The largest absolute Gasteiger partial charge is 0.495 e. The molecule has 0 bridgehead atoms. The Labute approximate surface area is 183 Å². The normalized spacial score (nSPS) is 12.3. The molecular weight excluding hydrogens is 442 g/mol. The zero-order valence-electron chi connectivity index (χ0n) is 18.3. The van der Waals surface area contributed by atoms with Crippen molar-refractivity contribution >= 4 is 31.6 Å². The van der Waals surface area contributed by atoms with Gasteiger partial charge in [0.25, 0.3) is 5.91 Å². The number of ether oxygens (including phenoxy) is 1. The van der Waals surface area contributed by atoms with E-state index in [0.717, 1.165) is 4.31 Å². The molecule has 2 N–H and O–H groups in total. The van der Waals surface area contributed by atoms with Crippen LogP contribution in [-0.4, -0.2) is 54.3 Å². The number of hydrogen-bond acceptors (Lipinski definition) is 6. The lowest BCUT2D eigenvalue weighted by Crippen LogP contribution is -2.30. The van der Waals surface area contributed by atoms with Gasteiger partial charge in [0.05, 0.1) is 12.0 Å². The highest BCUT2D eigenvalue weighted by Crippen LogP contribution is 2.27. The van der Waals surface area contributed by atoms with Crippen LogP contribution < -0.4 is 14.8 Å². The number of anilines is 1. The van der Waals surface area contributed by atoms with Gasteiger partial charge >= 0.3 is 0 Å². The summed E-state index contributed by atoms with van der Waals surface area (Å²) in [5, 5.41) is 2.66. The van der Waals surface area contributed by atoms with Gasteiger partial charge in [-0.25, -0.2) is 25.9 Å². The molecule has 0 aliphatic rings. The van der Waals surface area contributed by atoms with Crippen molar-refractivity contribution in [2.45, 2.75) is 36.6 Å². The van der Waals surface area contributed by atoms with Crippen LogP contribution in [0.3, 0.4) is 0 Å². The summed E-state index contributed by atoms with van der Waals surface area (Å²) >= 11 is 0. The first-order valence-corrected chi connectivity index (χ1v) is 12.3. The molecule has 170 valence electrons. The number of rotatable bonds is 8. The second kappa shape index (κ2) is 9.35. The minimum absolute atomic E-state index is 0.0255. The number of benzene rings is 2. The second-order valence-electron chi connectivity index (χ2n) is 7.36. The Morgan fingerprint density at radius 1 is 1.03 bits per heavy atom. The summed E-state index contributed by atoms with van der Waals surface area (Å²) in [6, 6.07) is 8.09. The molecule has 0 saturated carbocycles. The van der Waals surface area contributed by atoms with Crippen LogP contribution >= 0.6 is 0 Å². The van der Waals surface area contributed by atoms with E-state index in [0.29, 0.717) is 11.3 Å². The Kier molecular flexibility index (Phi) is 7.48. The highest BCUT2D eigenvalue weighted by Gasteiger charge is 2.23.